The molecule has 2 aromatic rings. The van der Waals surface area contributed by atoms with Crippen molar-refractivity contribution in [1.82, 2.24) is 0 Å². The van der Waals surface area contributed by atoms with Gasteiger partial charge >= 0.3 is 145 Å². The standard InChI is InChI=1S/C20H29O3P/c1-19(2,3)15-11-7-9-13-17(15)24(21,22,23)18-14-10-8-12-16(18)20(4,5)6/h7-14,21-23H,1-6H3. The molecule has 3 N–H and O–H groups in total. The van der Waals surface area contributed by atoms with E-state index in [4.69, 9.17) is 0 Å². The zero-order valence-corrected chi connectivity index (χ0v) is 16.3. The third-order valence-electron chi connectivity index (χ3n) is 4.31. The van der Waals surface area contributed by atoms with Crippen molar-refractivity contribution in [3.63, 3.8) is 0 Å². The molecule has 3 nitrogen and oxygen atoms in total. The van der Waals surface area contributed by atoms with Gasteiger partial charge in [-0.25, -0.2) is 0 Å². The van der Waals surface area contributed by atoms with Crippen molar-refractivity contribution in [2.75, 3.05) is 0 Å². The summed E-state index contributed by atoms with van der Waals surface area (Å²) in [5, 5.41) is 0.431. The van der Waals surface area contributed by atoms with E-state index in [9.17, 15) is 14.7 Å². The van der Waals surface area contributed by atoms with E-state index in [0.717, 1.165) is 11.1 Å². The van der Waals surface area contributed by atoms with Crippen LogP contribution in [0.15, 0.2) is 48.5 Å². The average Bonchev–Trinajstić information content (AvgIpc) is 2.45. The summed E-state index contributed by atoms with van der Waals surface area (Å²) in [5.74, 6) is 0. The van der Waals surface area contributed by atoms with E-state index in [1.54, 1.807) is 24.3 Å². The monoisotopic (exact) mass is 348 g/mol. The Bertz CT molecular complexity index is 682. The van der Waals surface area contributed by atoms with Gasteiger partial charge in [-0.1, -0.05) is 0 Å². The molecule has 0 amide bonds. The van der Waals surface area contributed by atoms with Crippen molar-refractivity contribution in [1.29, 1.82) is 0 Å². The summed E-state index contributed by atoms with van der Waals surface area (Å²) in [5.41, 5.74) is 0.813. The Morgan fingerprint density at radius 1 is 0.583 bits per heavy atom. The summed E-state index contributed by atoms with van der Waals surface area (Å²) < 4.78 is 0. The van der Waals surface area contributed by atoms with Crippen molar-refractivity contribution in [2.45, 2.75) is 52.4 Å². The van der Waals surface area contributed by atoms with Crippen molar-refractivity contribution < 1.29 is 14.7 Å². The zero-order chi connectivity index (χ0) is 18.4. The van der Waals surface area contributed by atoms with Crippen molar-refractivity contribution >= 4 is 17.9 Å². The van der Waals surface area contributed by atoms with Crippen molar-refractivity contribution in [3.05, 3.63) is 59.7 Å². The summed E-state index contributed by atoms with van der Waals surface area (Å²) in [7, 11) is -5.26. The second kappa shape index (κ2) is 5.64. The van der Waals surface area contributed by atoms with Crippen LogP contribution in [0.3, 0.4) is 0 Å². The molecule has 0 aliphatic carbocycles. The van der Waals surface area contributed by atoms with Gasteiger partial charge in [0.1, 0.15) is 0 Å². The molecule has 2 rings (SSSR count). The van der Waals surface area contributed by atoms with Crippen LogP contribution in [0.25, 0.3) is 0 Å². The molecule has 0 saturated heterocycles. The quantitative estimate of drug-likeness (QED) is 0.728. The van der Waals surface area contributed by atoms with Crippen LogP contribution in [-0.2, 0) is 10.8 Å². The van der Waals surface area contributed by atoms with Crippen LogP contribution in [0.4, 0.5) is 0 Å². The second-order valence-corrected chi connectivity index (χ2v) is 11.4. The van der Waals surface area contributed by atoms with Gasteiger partial charge in [-0.05, 0) is 0 Å². The van der Waals surface area contributed by atoms with Gasteiger partial charge in [0.15, 0.2) is 0 Å². The molecular formula is C20H29O3P. The SMILES string of the molecule is CC(C)(C)c1ccccc1P(O)(O)(O)c1ccccc1C(C)(C)C. The van der Waals surface area contributed by atoms with Crippen LogP contribution in [0.2, 0.25) is 0 Å². The maximum atomic E-state index is 11.3. The molecule has 0 aromatic heterocycles. The molecule has 0 saturated carbocycles. The fraction of sp³-hybridized carbons (Fsp3) is 0.400. The molecule has 132 valence electrons. The molecule has 0 fully saturated rings. The van der Waals surface area contributed by atoms with Gasteiger partial charge in [-0.15, -0.1) is 0 Å². The summed E-state index contributed by atoms with van der Waals surface area (Å²) in [6, 6.07) is 14.1. The molecule has 4 heteroatoms. The van der Waals surface area contributed by atoms with Gasteiger partial charge < -0.3 is 0 Å². The van der Waals surface area contributed by atoms with Gasteiger partial charge in [0.2, 0.25) is 0 Å². The van der Waals surface area contributed by atoms with E-state index >= 15 is 0 Å². The topological polar surface area (TPSA) is 60.7 Å². The third kappa shape index (κ3) is 3.41. The van der Waals surface area contributed by atoms with E-state index in [1.807, 2.05) is 65.8 Å². The first kappa shape index (κ1) is 19.1. The van der Waals surface area contributed by atoms with Crippen LogP contribution in [0.5, 0.6) is 0 Å². The Kier molecular flexibility index (Phi) is 4.48. The predicted molar refractivity (Wildman–Crippen MR) is 103 cm³/mol. The third-order valence-corrected chi connectivity index (χ3v) is 6.87. The number of rotatable bonds is 2. The first-order valence-electron chi connectivity index (χ1n) is 8.20. The predicted octanol–water partition coefficient (Wildman–Crippen LogP) is 3.51. The molecule has 0 heterocycles. The first-order chi connectivity index (χ1) is 10.7. The number of hydrogen-bond acceptors (Lipinski definition) is 3. The van der Waals surface area contributed by atoms with Crippen molar-refractivity contribution in [3.8, 4) is 0 Å². The zero-order valence-electron chi connectivity index (χ0n) is 15.4. The van der Waals surface area contributed by atoms with Gasteiger partial charge in [0, 0.05) is 0 Å². The van der Waals surface area contributed by atoms with E-state index < -0.39 is 7.28 Å². The van der Waals surface area contributed by atoms with Crippen LogP contribution in [0.1, 0.15) is 52.7 Å². The molecule has 0 aliphatic rings. The second-order valence-electron chi connectivity index (χ2n) is 8.51. The van der Waals surface area contributed by atoms with Gasteiger partial charge in [-0.2, -0.15) is 0 Å². The summed E-state index contributed by atoms with van der Waals surface area (Å²) in [6.45, 7) is 12.0. The molecule has 0 spiro atoms. The number of hydrogen-bond donors (Lipinski definition) is 3. The first-order valence-corrected chi connectivity index (χ1v) is 10.3. The van der Waals surface area contributed by atoms with Crippen LogP contribution < -0.4 is 10.6 Å². The maximum absolute atomic E-state index is 11.3. The Hall–Kier alpha value is -1.25. The fourth-order valence-corrected chi connectivity index (χ4v) is 5.75. The minimum atomic E-state index is -5.26. The number of benzene rings is 2. The Labute approximate surface area is 145 Å². The summed E-state index contributed by atoms with van der Waals surface area (Å²) >= 11 is 0. The molecule has 2 aromatic carbocycles. The normalized spacial score (nSPS) is 15.0. The van der Waals surface area contributed by atoms with Crippen LogP contribution in [0, 0.1) is 0 Å². The molecule has 0 aliphatic heterocycles. The van der Waals surface area contributed by atoms with Crippen LogP contribution in [-0.4, -0.2) is 14.7 Å². The Morgan fingerprint density at radius 3 is 1.17 bits per heavy atom. The molecule has 0 atom stereocenters. The van der Waals surface area contributed by atoms with E-state index in [0.29, 0.717) is 0 Å². The summed E-state index contributed by atoms with van der Waals surface area (Å²) in [6.07, 6.45) is 0. The molecule has 0 unspecified atom stereocenters. The molecule has 24 heavy (non-hydrogen) atoms. The fourth-order valence-electron chi connectivity index (χ4n) is 3.06. The van der Waals surface area contributed by atoms with Gasteiger partial charge in [0.25, 0.3) is 0 Å². The Morgan fingerprint density at radius 2 is 0.875 bits per heavy atom. The minimum absolute atomic E-state index is 0.215. The molecule has 0 bridgehead atoms. The van der Waals surface area contributed by atoms with E-state index in [-0.39, 0.29) is 21.4 Å². The molecule has 0 radical (unpaired) electrons. The van der Waals surface area contributed by atoms with E-state index in [2.05, 4.69) is 0 Å². The van der Waals surface area contributed by atoms with Crippen molar-refractivity contribution in [2.24, 2.45) is 0 Å². The summed E-state index contributed by atoms with van der Waals surface area (Å²) in [4.78, 5) is 33.8. The van der Waals surface area contributed by atoms with Crippen LogP contribution >= 0.6 is 7.28 Å². The van der Waals surface area contributed by atoms with Gasteiger partial charge in [-0.3, -0.25) is 0 Å². The van der Waals surface area contributed by atoms with E-state index in [1.165, 1.54) is 0 Å². The Balaban J connectivity index is 2.84. The molecular weight excluding hydrogens is 319 g/mol. The average molecular weight is 348 g/mol. The van der Waals surface area contributed by atoms with Gasteiger partial charge in [0.05, 0.1) is 0 Å².